The Morgan fingerprint density at radius 1 is 0.833 bits per heavy atom. The molecule has 0 aromatic heterocycles. The maximum absolute atomic E-state index is 13.4. The number of hydrogen-bond donors (Lipinski definition) is 6. The molecule has 0 saturated carbocycles. The quantitative estimate of drug-likeness (QED) is 0.206. The molecule has 0 saturated heterocycles. The maximum Gasteiger partial charge on any atom is 0.328 e. The first-order chi connectivity index (χ1) is 17.0. The topological polar surface area (TPSA) is 190 Å². The molecule has 4 rings (SSSR count). The molecule has 2 aliphatic carbocycles. The van der Waals surface area contributed by atoms with Crippen molar-refractivity contribution in [2.45, 2.75) is 11.3 Å². The standard InChI is InChI=1S/C26H18O10/c27-17-9-13-2-3-14-10-20(30)25(36)23(26(14,6-5-22(33)34)16(13)11-18(17)28)15-7-12(1-4-21(31)32)8-19(29)24(15)35/h1-11,23,27-29,35H,(H,31,32)(H,33,34)/b4-1+,6-5+/t23-,26-/m0/s1. The highest BCUT2D eigenvalue weighted by Gasteiger charge is 2.53. The van der Waals surface area contributed by atoms with E-state index in [1.807, 2.05) is 0 Å². The van der Waals surface area contributed by atoms with E-state index in [9.17, 15) is 44.7 Å². The van der Waals surface area contributed by atoms with Gasteiger partial charge in [0.1, 0.15) is 0 Å². The van der Waals surface area contributed by atoms with Crippen LogP contribution in [0.25, 0.3) is 12.2 Å². The minimum absolute atomic E-state index is 0.0662. The van der Waals surface area contributed by atoms with Crippen LogP contribution in [0.15, 0.2) is 60.2 Å². The summed E-state index contributed by atoms with van der Waals surface area (Å²) in [6.45, 7) is 0. The van der Waals surface area contributed by atoms with Gasteiger partial charge in [0.25, 0.3) is 0 Å². The van der Waals surface area contributed by atoms with E-state index in [2.05, 4.69) is 0 Å². The summed E-state index contributed by atoms with van der Waals surface area (Å²) < 4.78 is 0. The molecule has 2 aromatic carbocycles. The lowest BCUT2D eigenvalue weighted by molar-refractivity contribution is -0.136. The van der Waals surface area contributed by atoms with Crippen molar-refractivity contribution in [2.75, 3.05) is 0 Å². The summed E-state index contributed by atoms with van der Waals surface area (Å²) in [7, 11) is 0. The van der Waals surface area contributed by atoms with E-state index >= 15 is 0 Å². The molecule has 0 fully saturated rings. The first-order valence-electron chi connectivity index (χ1n) is 10.4. The summed E-state index contributed by atoms with van der Waals surface area (Å²) >= 11 is 0. The Morgan fingerprint density at radius 2 is 1.50 bits per heavy atom. The molecule has 0 heterocycles. The van der Waals surface area contributed by atoms with Crippen molar-refractivity contribution < 1.29 is 49.8 Å². The number of aliphatic carboxylic acids is 2. The smallest absolute Gasteiger partial charge is 0.328 e. The Balaban J connectivity index is 2.12. The highest BCUT2D eigenvalue weighted by molar-refractivity contribution is 6.45. The van der Waals surface area contributed by atoms with E-state index < -0.39 is 57.8 Å². The Morgan fingerprint density at radius 3 is 2.17 bits per heavy atom. The van der Waals surface area contributed by atoms with Crippen LogP contribution >= 0.6 is 0 Å². The molecule has 182 valence electrons. The second-order valence-electron chi connectivity index (χ2n) is 8.21. The Hall–Kier alpha value is -5.12. The third kappa shape index (κ3) is 3.80. The SMILES string of the molecule is O=C(O)/C=C/c1cc(O)c(O)c([C@H]2C(=O)C(=O)C=C3C=Cc4cc(O)c(O)cc4[C@]32/C=C/C(=O)O)c1. The lowest BCUT2D eigenvalue weighted by atomic mass is 9.56. The summed E-state index contributed by atoms with van der Waals surface area (Å²) in [5.74, 6) is -8.93. The molecule has 2 aliphatic rings. The molecule has 10 heteroatoms. The average molecular weight is 490 g/mol. The van der Waals surface area contributed by atoms with Crippen molar-refractivity contribution in [2.24, 2.45) is 0 Å². The number of benzene rings is 2. The molecular weight excluding hydrogens is 472 g/mol. The second-order valence-corrected chi connectivity index (χ2v) is 8.21. The van der Waals surface area contributed by atoms with E-state index in [0.717, 1.165) is 42.5 Å². The lowest BCUT2D eigenvalue weighted by Crippen LogP contribution is -2.45. The first-order valence-corrected chi connectivity index (χ1v) is 10.4. The van der Waals surface area contributed by atoms with Gasteiger partial charge in [-0.2, -0.15) is 0 Å². The van der Waals surface area contributed by atoms with E-state index in [1.54, 1.807) is 0 Å². The van der Waals surface area contributed by atoms with Crippen molar-refractivity contribution in [1.82, 2.24) is 0 Å². The number of aromatic hydroxyl groups is 4. The van der Waals surface area contributed by atoms with E-state index in [1.165, 1.54) is 24.3 Å². The van der Waals surface area contributed by atoms with Crippen LogP contribution in [0, 0.1) is 0 Å². The minimum atomic E-state index is -1.78. The zero-order chi connectivity index (χ0) is 26.4. The zero-order valence-electron chi connectivity index (χ0n) is 18.2. The van der Waals surface area contributed by atoms with E-state index in [4.69, 9.17) is 5.11 Å². The lowest BCUT2D eigenvalue weighted by Gasteiger charge is -2.44. The van der Waals surface area contributed by atoms with E-state index in [0.29, 0.717) is 0 Å². The molecule has 2 aromatic rings. The summed E-state index contributed by atoms with van der Waals surface area (Å²) in [6, 6.07) is 4.55. The third-order valence-electron chi connectivity index (χ3n) is 6.12. The Bertz CT molecular complexity index is 1470. The molecule has 2 atom stereocenters. The normalized spacial score (nSPS) is 20.9. The fourth-order valence-corrected chi connectivity index (χ4v) is 4.63. The van der Waals surface area contributed by atoms with E-state index in [-0.39, 0.29) is 27.8 Å². The minimum Gasteiger partial charge on any atom is -0.504 e. The van der Waals surface area contributed by atoms with Crippen LogP contribution in [0.4, 0.5) is 0 Å². The number of Topliss-reactive ketones (excluding diaryl/α,β-unsaturated/α-hetero) is 1. The van der Waals surface area contributed by atoms with Crippen molar-refractivity contribution in [1.29, 1.82) is 0 Å². The number of carbonyl (C=O) groups excluding carboxylic acids is 2. The van der Waals surface area contributed by atoms with Gasteiger partial charge in [-0.1, -0.05) is 18.2 Å². The van der Waals surface area contributed by atoms with Gasteiger partial charge >= 0.3 is 11.9 Å². The summed E-state index contributed by atoms with van der Waals surface area (Å²) in [4.78, 5) is 48.6. The van der Waals surface area contributed by atoms with Crippen LogP contribution in [0.5, 0.6) is 23.0 Å². The number of rotatable bonds is 5. The number of carboxylic acid groups (broad SMARTS) is 2. The van der Waals surface area contributed by atoms with Gasteiger partial charge in [0, 0.05) is 17.7 Å². The molecule has 0 amide bonds. The van der Waals surface area contributed by atoms with Crippen molar-refractivity contribution in [3.05, 3.63) is 82.5 Å². The molecule has 0 bridgehead atoms. The second kappa shape index (κ2) is 8.58. The van der Waals surface area contributed by atoms with Crippen LogP contribution in [0.1, 0.15) is 28.2 Å². The fraction of sp³-hybridized carbons (Fsp3) is 0.0769. The fourth-order valence-electron chi connectivity index (χ4n) is 4.63. The van der Waals surface area contributed by atoms with Gasteiger partial charge in [0.2, 0.25) is 11.6 Å². The maximum atomic E-state index is 13.4. The van der Waals surface area contributed by atoms with Crippen LogP contribution < -0.4 is 0 Å². The Kier molecular flexibility index (Phi) is 5.73. The summed E-state index contributed by atoms with van der Waals surface area (Å²) in [6.07, 6.45) is 7.67. The largest absolute Gasteiger partial charge is 0.504 e. The van der Waals surface area contributed by atoms with Crippen molar-refractivity contribution in [3.8, 4) is 23.0 Å². The summed E-state index contributed by atoms with van der Waals surface area (Å²) in [5, 5.41) is 59.7. The van der Waals surface area contributed by atoms with Crippen LogP contribution in [-0.4, -0.2) is 54.1 Å². The number of allylic oxidation sites excluding steroid dienone is 4. The highest BCUT2D eigenvalue weighted by Crippen LogP contribution is 2.56. The predicted octanol–water partition coefficient (Wildman–Crippen LogP) is 2.37. The third-order valence-corrected chi connectivity index (χ3v) is 6.12. The van der Waals surface area contributed by atoms with Gasteiger partial charge in [0.15, 0.2) is 23.0 Å². The molecule has 36 heavy (non-hydrogen) atoms. The molecule has 0 aliphatic heterocycles. The van der Waals surface area contributed by atoms with Gasteiger partial charge in [-0.15, -0.1) is 0 Å². The molecule has 6 N–H and O–H groups in total. The molecule has 10 nitrogen and oxygen atoms in total. The van der Waals surface area contributed by atoms with Gasteiger partial charge < -0.3 is 30.6 Å². The molecule has 0 unspecified atom stereocenters. The number of phenolic OH excluding ortho intramolecular Hbond substituents is 4. The van der Waals surface area contributed by atoms with Gasteiger partial charge in [-0.05, 0) is 58.7 Å². The van der Waals surface area contributed by atoms with Crippen molar-refractivity contribution in [3.63, 3.8) is 0 Å². The number of phenols is 4. The predicted molar refractivity (Wildman–Crippen MR) is 125 cm³/mol. The van der Waals surface area contributed by atoms with Crippen LogP contribution in [-0.2, 0) is 24.6 Å². The number of carbonyl (C=O) groups is 4. The number of fused-ring (bicyclic) bond motifs is 3. The number of ketones is 2. The van der Waals surface area contributed by atoms with Gasteiger partial charge in [-0.25, -0.2) is 9.59 Å². The average Bonchev–Trinajstić information content (AvgIpc) is 2.81. The van der Waals surface area contributed by atoms with Crippen molar-refractivity contribution >= 4 is 35.7 Å². The monoisotopic (exact) mass is 490 g/mol. The van der Waals surface area contributed by atoms with Gasteiger partial charge in [0.05, 0.1) is 11.3 Å². The molecule has 0 spiro atoms. The van der Waals surface area contributed by atoms with Crippen LogP contribution in [0.2, 0.25) is 0 Å². The molecular formula is C26H18O10. The Labute approximate surface area is 202 Å². The number of hydrogen-bond acceptors (Lipinski definition) is 8. The van der Waals surface area contributed by atoms with Gasteiger partial charge in [-0.3, -0.25) is 9.59 Å². The number of carboxylic acids is 2. The highest BCUT2D eigenvalue weighted by atomic mass is 16.4. The molecule has 0 radical (unpaired) electrons. The first kappa shape index (κ1) is 24.0. The van der Waals surface area contributed by atoms with Crippen LogP contribution in [0.3, 0.4) is 0 Å². The summed E-state index contributed by atoms with van der Waals surface area (Å²) in [5.41, 5.74) is -1.42. The zero-order valence-corrected chi connectivity index (χ0v) is 18.2.